The molecule has 49 heavy (non-hydrogen) atoms. The molecule has 0 aliphatic carbocycles. The van der Waals surface area contributed by atoms with Gasteiger partial charge in [0.1, 0.15) is 23.3 Å². The van der Waals surface area contributed by atoms with Crippen LogP contribution in [0.2, 0.25) is 0 Å². The molecule has 3 aromatic carbocycles. The number of anilines is 2. The second kappa shape index (κ2) is 11.9. The third-order valence-electron chi connectivity index (χ3n) is 11.2. The topological polar surface area (TPSA) is 122 Å². The lowest BCUT2D eigenvalue weighted by molar-refractivity contribution is 0.550. The monoisotopic (exact) mass is 654 g/mol. The molecule has 6 aliphatic heterocycles. The lowest BCUT2D eigenvalue weighted by Crippen LogP contribution is -2.53. The first-order valence-corrected chi connectivity index (χ1v) is 18.0. The molecule has 3 aromatic rings. The van der Waals surface area contributed by atoms with Crippen molar-refractivity contribution in [3.05, 3.63) is 94.5 Å². The summed E-state index contributed by atoms with van der Waals surface area (Å²) in [5.74, 6) is 4.66. The van der Waals surface area contributed by atoms with Crippen molar-refractivity contribution in [2.75, 3.05) is 63.0 Å². The maximum absolute atomic E-state index is 4.96. The summed E-state index contributed by atoms with van der Waals surface area (Å²) in [5, 5.41) is 22.2. The standard InChI is InChI=1S/C39H46N10/c1-38(36-44-16-17-45-36)22-29(34-40-12-13-41-34)27-20-25(8-10-31(27)48-38)33(24-6-4-3-5-7-24)26-9-11-32-28(21-26)30(35-42-14-15-43-35)23-39(2,49-32)37-46-18-19-47-37/h3-11,20-21,29-30,33,48-49H,12-19,22-23H2,1-2H3,(H,40,41)(H,42,43)(H,44,45)(H,46,47). The van der Waals surface area contributed by atoms with Gasteiger partial charge in [-0.15, -0.1) is 0 Å². The van der Waals surface area contributed by atoms with E-state index in [1.54, 1.807) is 0 Å². The largest absolute Gasteiger partial charge is 0.373 e. The van der Waals surface area contributed by atoms with Crippen LogP contribution in [0.15, 0.2) is 86.7 Å². The Bertz CT molecular complexity index is 1780. The summed E-state index contributed by atoms with van der Waals surface area (Å²) in [6, 6.07) is 25.0. The molecule has 6 heterocycles. The Morgan fingerprint density at radius 2 is 1.02 bits per heavy atom. The second-order valence-corrected chi connectivity index (χ2v) is 14.7. The molecule has 9 rings (SSSR count). The normalized spacial score (nSPS) is 28.9. The highest BCUT2D eigenvalue weighted by atomic mass is 15.2. The van der Waals surface area contributed by atoms with Crippen LogP contribution in [0.5, 0.6) is 0 Å². The number of rotatable bonds is 7. The molecule has 0 fully saturated rings. The number of benzene rings is 3. The van der Waals surface area contributed by atoms with Crippen molar-refractivity contribution in [3.63, 3.8) is 0 Å². The van der Waals surface area contributed by atoms with Crippen LogP contribution in [0.3, 0.4) is 0 Å². The molecule has 6 aliphatic rings. The van der Waals surface area contributed by atoms with E-state index in [1.807, 2.05) is 0 Å². The zero-order valence-electron chi connectivity index (χ0n) is 28.4. The first-order valence-electron chi connectivity index (χ1n) is 18.0. The van der Waals surface area contributed by atoms with E-state index in [0.29, 0.717) is 0 Å². The first-order chi connectivity index (χ1) is 24.0. The lowest BCUT2D eigenvalue weighted by Gasteiger charge is -2.42. The molecule has 0 bridgehead atoms. The van der Waals surface area contributed by atoms with Gasteiger partial charge in [-0.1, -0.05) is 54.6 Å². The van der Waals surface area contributed by atoms with Gasteiger partial charge in [-0.3, -0.25) is 20.0 Å². The van der Waals surface area contributed by atoms with E-state index < -0.39 is 0 Å². The van der Waals surface area contributed by atoms with E-state index in [2.05, 4.69) is 112 Å². The Labute approximate surface area is 288 Å². The Morgan fingerprint density at radius 1 is 0.551 bits per heavy atom. The molecule has 252 valence electrons. The Kier molecular flexibility index (Phi) is 7.36. The number of hydrogen-bond acceptors (Lipinski definition) is 10. The predicted molar refractivity (Wildman–Crippen MR) is 200 cm³/mol. The summed E-state index contributed by atoms with van der Waals surface area (Å²) in [4.78, 5) is 19.6. The van der Waals surface area contributed by atoms with Gasteiger partial charge in [-0.2, -0.15) is 0 Å². The maximum atomic E-state index is 4.96. The fraction of sp³-hybridized carbons (Fsp3) is 0.436. The highest BCUT2D eigenvalue weighted by molar-refractivity contribution is 6.01. The molecule has 0 saturated carbocycles. The van der Waals surface area contributed by atoms with E-state index in [0.717, 1.165) is 99.9 Å². The fourth-order valence-electron chi connectivity index (χ4n) is 8.92. The van der Waals surface area contributed by atoms with Gasteiger partial charge in [-0.25, -0.2) is 0 Å². The summed E-state index contributed by atoms with van der Waals surface area (Å²) >= 11 is 0. The summed E-state index contributed by atoms with van der Waals surface area (Å²) < 4.78 is 0. The van der Waals surface area contributed by atoms with Crippen molar-refractivity contribution in [1.82, 2.24) is 21.3 Å². The van der Waals surface area contributed by atoms with Gasteiger partial charge in [-0.05, 0) is 66.6 Å². The zero-order chi connectivity index (χ0) is 33.0. The van der Waals surface area contributed by atoms with Crippen LogP contribution in [-0.4, -0.2) is 86.8 Å². The number of nitrogens with zero attached hydrogens (tertiary/aromatic N) is 4. The number of nitrogens with one attached hydrogen (secondary N) is 6. The minimum absolute atomic E-state index is 0.0541. The molecular formula is C39H46N10. The van der Waals surface area contributed by atoms with Gasteiger partial charge in [0, 0.05) is 55.3 Å². The molecule has 0 radical (unpaired) electrons. The average Bonchev–Trinajstić information content (AvgIpc) is 3.97. The van der Waals surface area contributed by atoms with Crippen LogP contribution in [0, 0.1) is 0 Å². The zero-order valence-corrected chi connectivity index (χ0v) is 28.4. The van der Waals surface area contributed by atoms with Crippen LogP contribution in [0.1, 0.15) is 72.3 Å². The second-order valence-electron chi connectivity index (χ2n) is 14.7. The summed E-state index contributed by atoms with van der Waals surface area (Å²) in [7, 11) is 0. The number of hydrogen-bond donors (Lipinski definition) is 6. The highest BCUT2D eigenvalue weighted by Crippen LogP contribution is 2.46. The number of fused-ring (bicyclic) bond motifs is 2. The average molecular weight is 655 g/mol. The van der Waals surface area contributed by atoms with Crippen LogP contribution in [-0.2, 0) is 0 Å². The van der Waals surface area contributed by atoms with Gasteiger partial charge in [0.2, 0.25) is 0 Å². The molecule has 4 unspecified atom stereocenters. The van der Waals surface area contributed by atoms with E-state index in [-0.39, 0.29) is 28.8 Å². The molecule has 0 aromatic heterocycles. The van der Waals surface area contributed by atoms with Crippen LogP contribution >= 0.6 is 0 Å². The summed E-state index contributed by atoms with van der Waals surface area (Å²) in [6.07, 6.45) is 1.77. The molecule has 0 saturated heterocycles. The van der Waals surface area contributed by atoms with Crippen molar-refractivity contribution in [2.45, 2.75) is 55.5 Å². The molecule has 0 spiro atoms. The summed E-state index contributed by atoms with van der Waals surface area (Å²) in [6.45, 7) is 11.4. The van der Waals surface area contributed by atoms with Crippen molar-refractivity contribution in [2.24, 2.45) is 20.0 Å². The maximum Gasteiger partial charge on any atom is 0.122 e. The highest BCUT2D eigenvalue weighted by Gasteiger charge is 2.44. The fourth-order valence-corrected chi connectivity index (χ4v) is 8.92. The molecule has 4 atom stereocenters. The molecule has 6 N–H and O–H groups in total. The lowest BCUT2D eigenvalue weighted by atomic mass is 9.74. The van der Waals surface area contributed by atoms with Gasteiger partial charge >= 0.3 is 0 Å². The van der Waals surface area contributed by atoms with Crippen molar-refractivity contribution >= 4 is 34.7 Å². The summed E-state index contributed by atoms with van der Waals surface area (Å²) in [5.41, 5.74) is 8.17. The minimum atomic E-state index is -0.285. The van der Waals surface area contributed by atoms with Gasteiger partial charge in [0.05, 0.1) is 37.3 Å². The van der Waals surface area contributed by atoms with Crippen molar-refractivity contribution < 1.29 is 0 Å². The van der Waals surface area contributed by atoms with Gasteiger partial charge in [0.15, 0.2) is 0 Å². The Balaban J connectivity index is 1.15. The van der Waals surface area contributed by atoms with Crippen LogP contribution < -0.4 is 31.9 Å². The smallest absolute Gasteiger partial charge is 0.122 e. The molecular weight excluding hydrogens is 608 g/mol. The van der Waals surface area contributed by atoms with Gasteiger partial charge < -0.3 is 31.9 Å². The van der Waals surface area contributed by atoms with Crippen molar-refractivity contribution in [3.8, 4) is 0 Å². The quantitative estimate of drug-likeness (QED) is 0.213. The SMILES string of the molecule is CC1(C2=NCCN2)CC(C2=NCCN2)c2cc(C(c3ccccc3)c3ccc4c(c3)C(C3=NCCN3)CC(C)(C3=NCCN3)N4)ccc2N1. The third-order valence-corrected chi connectivity index (χ3v) is 11.2. The minimum Gasteiger partial charge on any atom is -0.373 e. The van der Waals surface area contributed by atoms with Gasteiger partial charge in [0.25, 0.3) is 0 Å². The Hall–Kier alpha value is -4.86. The predicted octanol–water partition coefficient (Wildman–Crippen LogP) is 4.19. The van der Waals surface area contributed by atoms with E-state index in [9.17, 15) is 0 Å². The first kappa shape index (κ1) is 30.2. The van der Waals surface area contributed by atoms with Crippen molar-refractivity contribution in [1.29, 1.82) is 0 Å². The van der Waals surface area contributed by atoms with Crippen LogP contribution in [0.4, 0.5) is 11.4 Å². The Morgan fingerprint density at radius 3 is 1.45 bits per heavy atom. The molecule has 0 amide bonds. The van der Waals surface area contributed by atoms with Crippen LogP contribution in [0.25, 0.3) is 0 Å². The number of amidine groups is 4. The van der Waals surface area contributed by atoms with E-state index in [4.69, 9.17) is 20.0 Å². The number of aliphatic imine (C=N–C) groups is 4. The van der Waals surface area contributed by atoms with E-state index >= 15 is 0 Å². The van der Waals surface area contributed by atoms with E-state index in [1.165, 1.54) is 27.8 Å². The molecule has 10 heteroatoms. The molecule has 10 nitrogen and oxygen atoms in total. The third kappa shape index (κ3) is 5.32.